The molecule has 1 aromatic rings. The minimum absolute atomic E-state index is 0.0983. The summed E-state index contributed by atoms with van der Waals surface area (Å²) < 4.78 is 21.6. The number of carbonyl (C=O) groups is 1. The molecule has 1 amide bonds. The lowest BCUT2D eigenvalue weighted by molar-refractivity contribution is -0.114. The summed E-state index contributed by atoms with van der Waals surface area (Å²) in [6, 6.07) is 1.55. The van der Waals surface area contributed by atoms with Crippen molar-refractivity contribution in [2.75, 3.05) is 5.32 Å². The third-order valence-electron chi connectivity index (χ3n) is 7.89. The van der Waals surface area contributed by atoms with Crippen LogP contribution in [-0.2, 0) is 18.4 Å². The van der Waals surface area contributed by atoms with Gasteiger partial charge in [-0.2, -0.15) is 4.98 Å². The second-order valence-corrected chi connectivity index (χ2v) is 22.5. The highest BCUT2D eigenvalue weighted by molar-refractivity contribution is 6.74. The van der Waals surface area contributed by atoms with Crippen LogP contribution in [0.15, 0.2) is 29.7 Å². The van der Waals surface area contributed by atoms with Crippen molar-refractivity contribution in [3.8, 4) is 0 Å². The zero-order valence-corrected chi connectivity index (χ0v) is 26.4. The van der Waals surface area contributed by atoms with Gasteiger partial charge >= 0.3 is 5.69 Å². The van der Waals surface area contributed by atoms with Gasteiger partial charge in [0, 0.05) is 13.1 Å². The molecule has 0 aliphatic carbocycles. The normalized spacial score (nSPS) is 24.1. The first-order valence-corrected chi connectivity index (χ1v) is 18.7. The SMILES string of the molecule is C=CC[C@@H](O)[C@H]1O[C@@H](n2ccc(NC(C)=O)nc2=O)[C@@H](O[Si](C)(C)C(C)(C)C)[C@@H]1O[Si](C)(C)C(C)(C)C. The van der Waals surface area contributed by atoms with Gasteiger partial charge in [0.25, 0.3) is 0 Å². The molecule has 9 nitrogen and oxygen atoms in total. The van der Waals surface area contributed by atoms with Gasteiger partial charge in [-0.25, -0.2) is 4.79 Å². The summed E-state index contributed by atoms with van der Waals surface area (Å²) >= 11 is 0. The standard InChI is InChI=1S/C26H47N3O6Si2/c1-13-14-18(31)20-21(34-36(9,10)25(3,4)5)22(35-37(11,12)26(6,7)8)23(33-20)29-16-15-19(27-17(2)30)28-24(29)32/h13,15-16,18,20-23,31H,1,14H2,2-12H3,(H,27,28,30,32)/t18-,20-,21-,22+,23-/m1/s1. The van der Waals surface area contributed by atoms with E-state index in [0.29, 0.717) is 6.42 Å². The van der Waals surface area contributed by atoms with Gasteiger partial charge in [-0.3, -0.25) is 9.36 Å². The molecule has 0 aromatic carbocycles. The molecule has 2 N–H and O–H groups in total. The fourth-order valence-electron chi connectivity index (χ4n) is 3.65. The summed E-state index contributed by atoms with van der Waals surface area (Å²) in [7, 11) is -4.73. The van der Waals surface area contributed by atoms with Crippen molar-refractivity contribution in [3.05, 3.63) is 35.4 Å². The van der Waals surface area contributed by atoms with E-state index >= 15 is 0 Å². The molecular formula is C26H47N3O6Si2. The highest BCUT2D eigenvalue weighted by Gasteiger charge is 2.55. The molecule has 1 aliphatic heterocycles. The molecule has 0 unspecified atom stereocenters. The van der Waals surface area contributed by atoms with E-state index < -0.39 is 53.0 Å². The number of carbonyl (C=O) groups excluding carboxylic acids is 1. The van der Waals surface area contributed by atoms with Crippen molar-refractivity contribution in [2.45, 2.75) is 122 Å². The molecule has 2 rings (SSSR count). The summed E-state index contributed by atoms with van der Waals surface area (Å²) in [5.74, 6) is -0.165. The van der Waals surface area contributed by atoms with Crippen molar-refractivity contribution in [3.63, 3.8) is 0 Å². The molecule has 5 atom stereocenters. The molecule has 0 spiro atoms. The van der Waals surface area contributed by atoms with Crippen LogP contribution in [0.1, 0.15) is 61.1 Å². The van der Waals surface area contributed by atoms with Gasteiger partial charge in [0.15, 0.2) is 22.9 Å². The Balaban J connectivity index is 2.67. The maximum Gasteiger partial charge on any atom is 0.351 e. The number of ether oxygens (including phenoxy) is 1. The van der Waals surface area contributed by atoms with Crippen molar-refractivity contribution in [1.29, 1.82) is 0 Å². The second-order valence-electron chi connectivity index (χ2n) is 13.0. The van der Waals surface area contributed by atoms with E-state index in [9.17, 15) is 14.7 Å². The number of nitrogens with one attached hydrogen (secondary N) is 1. The van der Waals surface area contributed by atoms with Crippen LogP contribution in [0.25, 0.3) is 0 Å². The maximum atomic E-state index is 13.1. The predicted molar refractivity (Wildman–Crippen MR) is 152 cm³/mol. The van der Waals surface area contributed by atoms with Crippen LogP contribution in [0.4, 0.5) is 5.82 Å². The average Bonchev–Trinajstić information content (AvgIpc) is 3.03. The molecule has 0 radical (unpaired) electrons. The fourth-order valence-corrected chi connectivity index (χ4v) is 6.24. The zero-order chi connectivity index (χ0) is 28.6. The molecule has 37 heavy (non-hydrogen) atoms. The van der Waals surface area contributed by atoms with E-state index in [1.165, 1.54) is 11.5 Å². The minimum Gasteiger partial charge on any atom is -0.408 e. The van der Waals surface area contributed by atoms with Crippen molar-refractivity contribution in [2.24, 2.45) is 0 Å². The average molecular weight is 554 g/mol. The number of aromatic nitrogens is 2. The first-order chi connectivity index (χ1) is 16.7. The molecule has 11 heteroatoms. The summed E-state index contributed by atoms with van der Waals surface area (Å²) in [4.78, 5) is 28.6. The number of nitrogens with zero attached hydrogens (tertiary/aromatic N) is 2. The molecule has 0 saturated carbocycles. The number of hydrogen-bond donors (Lipinski definition) is 2. The molecule has 0 bridgehead atoms. The second kappa shape index (κ2) is 11.2. The minimum atomic E-state index is -2.38. The smallest absolute Gasteiger partial charge is 0.351 e. The monoisotopic (exact) mass is 553 g/mol. The highest BCUT2D eigenvalue weighted by Crippen LogP contribution is 2.46. The van der Waals surface area contributed by atoms with Crippen LogP contribution in [0.5, 0.6) is 0 Å². The number of aliphatic hydroxyl groups excluding tert-OH is 1. The Hall–Kier alpha value is -1.64. The summed E-state index contributed by atoms with van der Waals surface area (Å²) in [5, 5.41) is 13.4. The van der Waals surface area contributed by atoms with Crippen LogP contribution in [0.2, 0.25) is 36.3 Å². The number of hydrogen-bond acceptors (Lipinski definition) is 7. The van der Waals surface area contributed by atoms with Crippen LogP contribution >= 0.6 is 0 Å². The fraction of sp³-hybridized carbons (Fsp3) is 0.731. The Morgan fingerprint density at radius 3 is 2.11 bits per heavy atom. The topological polar surface area (TPSA) is 112 Å². The third-order valence-corrected chi connectivity index (χ3v) is 16.8. The van der Waals surface area contributed by atoms with Gasteiger partial charge in [-0.1, -0.05) is 47.6 Å². The zero-order valence-electron chi connectivity index (χ0n) is 24.4. The van der Waals surface area contributed by atoms with Crippen LogP contribution < -0.4 is 11.0 Å². The van der Waals surface area contributed by atoms with Crippen molar-refractivity contribution >= 4 is 28.4 Å². The first-order valence-electron chi connectivity index (χ1n) is 12.9. The molecule has 1 fully saturated rings. The van der Waals surface area contributed by atoms with Crippen molar-refractivity contribution in [1.82, 2.24) is 9.55 Å². The number of rotatable bonds is 9. The van der Waals surface area contributed by atoms with Crippen molar-refractivity contribution < 1.29 is 23.5 Å². The van der Waals surface area contributed by atoms with Crippen LogP contribution in [0.3, 0.4) is 0 Å². The van der Waals surface area contributed by atoms with Gasteiger partial charge in [0.2, 0.25) is 5.91 Å². The molecule has 2 heterocycles. The van der Waals surface area contributed by atoms with Gasteiger partial charge in [0.1, 0.15) is 24.1 Å². The van der Waals surface area contributed by atoms with Crippen LogP contribution in [-0.4, -0.2) is 61.6 Å². The Bertz CT molecular complexity index is 1030. The van der Waals surface area contributed by atoms with E-state index in [1.54, 1.807) is 18.3 Å². The lowest BCUT2D eigenvalue weighted by atomic mass is 10.0. The highest BCUT2D eigenvalue weighted by atomic mass is 28.4. The summed E-state index contributed by atoms with van der Waals surface area (Å²) in [6.45, 7) is 26.6. The Kier molecular flexibility index (Phi) is 9.58. The van der Waals surface area contributed by atoms with Gasteiger partial charge < -0.3 is 24.0 Å². The third kappa shape index (κ3) is 7.27. The molecular weight excluding hydrogens is 506 g/mol. The van der Waals surface area contributed by atoms with Gasteiger partial charge in [-0.05, 0) is 48.8 Å². The molecule has 1 aromatic heterocycles. The van der Waals surface area contributed by atoms with Gasteiger partial charge in [-0.15, -0.1) is 6.58 Å². The number of aliphatic hydroxyl groups is 1. The molecule has 1 saturated heterocycles. The maximum absolute atomic E-state index is 13.1. The molecule has 1 aliphatic rings. The summed E-state index contributed by atoms with van der Waals surface area (Å²) in [6.07, 6.45) is -0.305. The Labute approximate surface area is 223 Å². The van der Waals surface area contributed by atoms with E-state index in [0.717, 1.165) is 0 Å². The molecule has 210 valence electrons. The number of anilines is 1. The van der Waals surface area contributed by atoms with Crippen LogP contribution in [0, 0.1) is 0 Å². The quantitative estimate of drug-likeness (QED) is 0.333. The van der Waals surface area contributed by atoms with E-state index in [1.807, 2.05) is 0 Å². The Morgan fingerprint density at radius 1 is 1.16 bits per heavy atom. The lowest BCUT2D eigenvalue weighted by Crippen LogP contribution is -2.55. The summed E-state index contributed by atoms with van der Waals surface area (Å²) in [5.41, 5.74) is -0.593. The lowest BCUT2D eigenvalue weighted by Gasteiger charge is -2.44. The van der Waals surface area contributed by atoms with E-state index in [4.69, 9.17) is 13.6 Å². The Morgan fingerprint density at radius 2 is 1.68 bits per heavy atom. The largest absolute Gasteiger partial charge is 0.408 e. The van der Waals surface area contributed by atoms with E-state index in [-0.39, 0.29) is 21.8 Å². The number of amides is 1. The van der Waals surface area contributed by atoms with Gasteiger partial charge in [0.05, 0.1) is 6.10 Å². The first kappa shape index (κ1) is 31.6. The predicted octanol–water partition coefficient (Wildman–Crippen LogP) is 4.82. The van der Waals surface area contributed by atoms with E-state index in [2.05, 4.69) is 84.6 Å².